The fourth-order valence-electron chi connectivity index (χ4n) is 2.05. The highest BCUT2D eigenvalue weighted by Crippen LogP contribution is 2.29. The van der Waals surface area contributed by atoms with Crippen LogP contribution in [0.15, 0.2) is 12.3 Å². The Morgan fingerprint density at radius 2 is 2.00 bits per heavy atom. The summed E-state index contributed by atoms with van der Waals surface area (Å²) in [6.45, 7) is 5.76. The molecule has 0 spiro atoms. The van der Waals surface area contributed by atoms with Gasteiger partial charge in [0.15, 0.2) is 11.4 Å². The molecule has 1 heterocycles. The first-order chi connectivity index (χ1) is 12.9. The van der Waals surface area contributed by atoms with Crippen LogP contribution < -0.4 is 14.8 Å². The molecule has 0 aliphatic heterocycles. The highest BCUT2D eigenvalue weighted by Gasteiger charge is 2.21. The lowest BCUT2D eigenvalue weighted by atomic mass is 10.3. The van der Waals surface area contributed by atoms with Crippen molar-refractivity contribution in [2.24, 2.45) is 0 Å². The van der Waals surface area contributed by atoms with Gasteiger partial charge in [-0.05, 0) is 13.3 Å². The summed E-state index contributed by atoms with van der Waals surface area (Å²) in [7, 11) is 1.37. The monoisotopic (exact) mass is 382 g/mol. The van der Waals surface area contributed by atoms with Crippen LogP contribution in [0.3, 0.4) is 0 Å². The number of hydrogen-bond donors (Lipinski definition) is 1. The number of esters is 2. The summed E-state index contributed by atoms with van der Waals surface area (Å²) in [5.74, 6) is -1.85. The van der Waals surface area contributed by atoms with Gasteiger partial charge in [-0.1, -0.05) is 6.92 Å². The van der Waals surface area contributed by atoms with Crippen LogP contribution in [0.2, 0.25) is 0 Å². The Hall–Kier alpha value is -2.68. The number of carbonyl (C=O) groups is 3. The molecule has 150 valence electrons. The maximum atomic E-state index is 12.3. The fourth-order valence-corrected chi connectivity index (χ4v) is 2.05. The van der Waals surface area contributed by atoms with Crippen molar-refractivity contribution >= 4 is 17.8 Å². The topological polar surface area (TPSA) is 113 Å². The third kappa shape index (κ3) is 8.04. The molecule has 9 heteroatoms. The number of hydrogen-bond acceptors (Lipinski definition) is 8. The molecule has 1 aromatic heterocycles. The summed E-state index contributed by atoms with van der Waals surface area (Å²) >= 11 is 0. The van der Waals surface area contributed by atoms with E-state index in [1.165, 1.54) is 26.3 Å². The number of aromatic nitrogens is 1. The molecule has 0 bridgehead atoms. The van der Waals surface area contributed by atoms with Crippen LogP contribution in [0, 0.1) is 0 Å². The molecule has 0 aliphatic rings. The fraction of sp³-hybridized carbons (Fsp3) is 0.556. The molecule has 1 amide bonds. The van der Waals surface area contributed by atoms with Crippen molar-refractivity contribution in [2.75, 3.05) is 26.9 Å². The minimum Gasteiger partial charge on any atom is -0.493 e. The number of rotatable bonds is 11. The highest BCUT2D eigenvalue weighted by molar-refractivity contribution is 5.98. The van der Waals surface area contributed by atoms with E-state index in [4.69, 9.17) is 18.9 Å². The zero-order valence-corrected chi connectivity index (χ0v) is 16.1. The summed E-state index contributed by atoms with van der Waals surface area (Å²) < 4.78 is 20.6. The van der Waals surface area contributed by atoms with E-state index in [1.807, 2.05) is 6.92 Å². The number of nitrogens with one attached hydrogen (secondary N) is 1. The predicted molar refractivity (Wildman–Crippen MR) is 95.7 cm³/mol. The van der Waals surface area contributed by atoms with Gasteiger partial charge in [0, 0.05) is 32.2 Å². The average molecular weight is 382 g/mol. The first-order valence-corrected chi connectivity index (χ1v) is 8.65. The largest absolute Gasteiger partial charge is 0.493 e. The lowest BCUT2D eigenvalue weighted by Crippen LogP contribution is -2.33. The first kappa shape index (κ1) is 22.4. The average Bonchev–Trinajstić information content (AvgIpc) is 2.63. The third-order valence-corrected chi connectivity index (χ3v) is 3.29. The molecule has 0 saturated heterocycles. The van der Waals surface area contributed by atoms with Gasteiger partial charge >= 0.3 is 11.9 Å². The van der Waals surface area contributed by atoms with E-state index in [0.29, 0.717) is 19.6 Å². The van der Waals surface area contributed by atoms with Crippen LogP contribution in [0.5, 0.6) is 11.5 Å². The Morgan fingerprint density at radius 3 is 2.63 bits per heavy atom. The number of methoxy groups -OCH3 is 1. The number of amides is 1. The van der Waals surface area contributed by atoms with E-state index in [0.717, 1.165) is 6.42 Å². The number of nitrogens with zero attached hydrogens (tertiary/aromatic N) is 1. The van der Waals surface area contributed by atoms with E-state index in [1.54, 1.807) is 6.92 Å². The Kier molecular flexibility index (Phi) is 9.81. The molecule has 0 aliphatic carbocycles. The molecular weight excluding hydrogens is 356 g/mol. The summed E-state index contributed by atoms with van der Waals surface area (Å²) in [6.07, 6.45) is 2.48. The molecule has 9 nitrogen and oxygen atoms in total. The number of carbonyl (C=O) groups excluding carboxylic acids is 3. The van der Waals surface area contributed by atoms with Crippen molar-refractivity contribution in [1.82, 2.24) is 10.3 Å². The van der Waals surface area contributed by atoms with Crippen molar-refractivity contribution in [3.63, 3.8) is 0 Å². The summed E-state index contributed by atoms with van der Waals surface area (Å²) in [6, 6.07) is 1.45. The molecule has 1 unspecified atom stereocenters. The summed E-state index contributed by atoms with van der Waals surface area (Å²) in [5, 5.41) is 2.39. The quantitative estimate of drug-likeness (QED) is 0.452. The molecule has 0 radical (unpaired) electrons. The molecule has 0 saturated carbocycles. The van der Waals surface area contributed by atoms with Gasteiger partial charge in [0.25, 0.3) is 5.91 Å². The van der Waals surface area contributed by atoms with Gasteiger partial charge in [0.05, 0.1) is 13.7 Å². The SMILES string of the molecule is CCCOCCC(C)OC(=O)CNC(=O)c1nccc(OC)c1OC(C)=O. The van der Waals surface area contributed by atoms with Gasteiger partial charge in [0.1, 0.15) is 12.6 Å². The maximum absolute atomic E-state index is 12.3. The minimum atomic E-state index is -0.693. The van der Waals surface area contributed by atoms with Crippen LogP contribution in [0.25, 0.3) is 0 Å². The molecule has 1 aromatic rings. The van der Waals surface area contributed by atoms with E-state index >= 15 is 0 Å². The van der Waals surface area contributed by atoms with E-state index in [-0.39, 0.29) is 29.8 Å². The van der Waals surface area contributed by atoms with Gasteiger partial charge in [-0.25, -0.2) is 4.98 Å². The van der Waals surface area contributed by atoms with Gasteiger partial charge < -0.3 is 24.3 Å². The third-order valence-electron chi connectivity index (χ3n) is 3.29. The lowest BCUT2D eigenvalue weighted by molar-refractivity contribution is -0.147. The maximum Gasteiger partial charge on any atom is 0.325 e. The van der Waals surface area contributed by atoms with Crippen LogP contribution in [0.1, 0.15) is 44.1 Å². The van der Waals surface area contributed by atoms with Crippen LogP contribution in [0.4, 0.5) is 0 Å². The molecule has 1 N–H and O–H groups in total. The van der Waals surface area contributed by atoms with Crippen LogP contribution in [-0.2, 0) is 19.1 Å². The molecule has 27 heavy (non-hydrogen) atoms. The zero-order valence-electron chi connectivity index (χ0n) is 16.1. The normalized spacial score (nSPS) is 11.4. The molecule has 0 aromatic carbocycles. The predicted octanol–water partition coefficient (Wildman–Crippen LogP) is 1.49. The van der Waals surface area contributed by atoms with Crippen molar-refractivity contribution in [1.29, 1.82) is 0 Å². The Morgan fingerprint density at radius 1 is 1.26 bits per heavy atom. The van der Waals surface area contributed by atoms with Gasteiger partial charge in [-0.3, -0.25) is 14.4 Å². The zero-order chi connectivity index (χ0) is 20.2. The van der Waals surface area contributed by atoms with E-state index in [2.05, 4.69) is 10.3 Å². The van der Waals surface area contributed by atoms with Gasteiger partial charge in [0.2, 0.25) is 5.75 Å². The Labute approximate surface area is 158 Å². The highest BCUT2D eigenvalue weighted by atomic mass is 16.6. The Balaban J connectivity index is 2.59. The molecule has 1 atom stereocenters. The van der Waals surface area contributed by atoms with Crippen molar-refractivity contribution in [3.05, 3.63) is 18.0 Å². The Bertz CT molecular complexity index is 649. The smallest absolute Gasteiger partial charge is 0.325 e. The number of pyridine rings is 1. The first-order valence-electron chi connectivity index (χ1n) is 8.65. The second-order valence-electron chi connectivity index (χ2n) is 5.67. The number of ether oxygens (including phenoxy) is 4. The van der Waals surface area contributed by atoms with Crippen molar-refractivity contribution in [2.45, 2.75) is 39.7 Å². The van der Waals surface area contributed by atoms with Crippen LogP contribution >= 0.6 is 0 Å². The van der Waals surface area contributed by atoms with E-state index < -0.39 is 17.8 Å². The molecular formula is C18H26N2O7. The minimum absolute atomic E-state index is 0.111. The second kappa shape index (κ2) is 11.8. The van der Waals surface area contributed by atoms with Gasteiger partial charge in [-0.15, -0.1) is 0 Å². The van der Waals surface area contributed by atoms with Crippen molar-refractivity contribution in [3.8, 4) is 11.5 Å². The summed E-state index contributed by atoms with van der Waals surface area (Å²) in [5.41, 5.74) is -0.168. The van der Waals surface area contributed by atoms with Crippen LogP contribution in [-0.4, -0.2) is 55.8 Å². The summed E-state index contributed by atoms with van der Waals surface area (Å²) in [4.78, 5) is 39.3. The van der Waals surface area contributed by atoms with E-state index in [9.17, 15) is 14.4 Å². The van der Waals surface area contributed by atoms with Crippen molar-refractivity contribution < 1.29 is 33.3 Å². The molecule has 0 fully saturated rings. The van der Waals surface area contributed by atoms with Gasteiger partial charge in [-0.2, -0.15) is 0 Å². The lowest BCUT2D eigenvalue weighted by Gasteiger charge is -2.14. The molecule has 1 rings (SSSR count). The standard InChI is InChI=1S/C18H26N2O7/c1-5-9-25-10-7-12(2)26-15(22)11-20-18(23)16-17(27-13(3)21)14(24-4)6-8-19-16/h6,8,12H,5,7,9-11H2,1-4H3,(H,20,23). The second-order valence-corrected chi connectivity index (χ2v) is 5.67.